The van der Waals surface area contributed by atoms with Gasteiger partial charge in [0.25, 0.3) is 5.91 Å². The van der Waals surface area contributed by atoms with Crippen LogP contribution in [0.25, 0.3) is 0 Å². The second kappa shape index (κ2) is 6.20. The van der Waals surface area contributed by atoms with Crippen LogP contribution in [-0.2, 0) is 0 Å². The number of carbonyl (C=O) groups excluding carboxylic acids is 1. The number of aromatic nitrogens is 1. The van der Waals surface area contributed by atoms with E-state index in [4.69, 9.17) is 11.6 Å². The smallest absolute Gasteiger partial charge is 0.253 e. The molecule has 6 heteroatoms. The summed E-state index contributed by atoms with van der Waals surface area (Å²) in [6.45, 7) is 2.26. The fraction of sp³-hybridized carbons (Fsp3) is 0.600. The van der Waals surface area contributed by atoms with Gasteiger partial charge in [0.2, 0.25) is 0 Å². The summed E-state index contributed by atoms with van der Waals surface area (Å²) < 4.78 is 0. The third kappa shape index (κ3) is 2.99. The summed E-state index contributed by atoms with van der Waals surface area (Å²) in [5, 5.41) is 6.52. The minimum atomic E-state index is -0.0792. The van der Waals surface area contributed by atoms with Crippen molar-refractivity contribution >= 4 is 23.3 Å². The van der Waals surface area contributed by atoms with Gasteiger partial charge in [-0.2, -0.15) is 0 Å². The zero-order chi connectivity index (χ0) is 14.8. The van der Waals surface area contributed by atoms with Crippen LogP contribution in [0.1, 0.15) is 36.0 Å². The van der Waals surface area contributed by atoms with Crippen LogP contribution >= 0.6 is 11.6 Å². The second-order valence-electron chi connectivity index (χ2n) is 5.77. The first-order chi connectivity index (χ1) is 10.2. The van der Waals surface area contributed by atoms with Crippen LogP contribution < -0.4 is 10.6 Å². The number of nitrogens with one attached hydrogen (secondary N) is 2. The van der Waals surface area contributed by atoms with E-state index in [2.05, 4.69) is 20.5 Å². The molecule has 1 amide bonds. The van der Waals surface area contributed by atoms with Crippen LogP contribution in [0.4, 0.5) is 5.82 Å². The zero-order valence-electron chi connectivity index (χ0n) is 12.2. The molecule has 2 saturated heterocycles. The van der Waals surface area contributed by atoms with Crippen molar-refractivity contribution in [3.05, 3.63) is 22.8 Å². The number of hydrogen-bond acceptors (Lipinski definition) is 4. The van der Waals surface area contributed by atoms with Crippen LogP contribution in [0.5, 0.6) is 0 Å². The number of piperidine rings is 1. The molecule has 114 valence electrons. The molecule has 21 heavy (non-hydrogen) atoms. The lowest BCUT2D eigenvalue weighted by Gasteiger charge is -2.32. The molecule has 2 fully saturated rings. The van der Waals surface area contributed by atoms with E-state index in [9.17, 15) is 4.79 Å². The average molecular weight is 309 g/mol. The maximum Gasteiger partial charge on any atom is 0.253 e. The van der Waals surface area contributed by atoms with Gasteiger partial charge in [-0.25, -0.2) is 4.98 Å². The molecule has 2 unspecified atom stereocenters. The van der Waals surface area contributed by atoms with E-state index in [0.717, 1.165) is 13.0 Å². The lowest BCUT2D eigenvalue weighted by Crippen LogP contribution is -2.46. The summed E-state index contributed by atoms with van der Waals surface area (Å²) >= 11 is 6.09. The molecule has 0 radical (unpaired) electrons. The van der Waals surface area contributed by atoms with Crippen molar-refractivity contribution in [2.45, 2.75) is 37.8 Å². The van der Waals surface area contributed by atoms with Gasteiger partial charge in [0.15, 0.2) is 0 Å². The number of fused-ring (bicyclic) bond motifs is 1. The zero-order valence-corrected chi connectivity index (χ0v) is 13.0. The lowest BCUT2D eigenvalue weighted by molar-refractivity contribution is 0.0915. The molecule has 0 bridgehead atoms. The van der Waals surface area contributed by atoms with Gasteiger partial charge < -0.3 is 10.6 Å². The Morgan fingerprint density at radius 3 is 3.00 bits per heavy atom. The van der Waals surface area contributed by atoms with Gasteiger partial charge in [-0.1, -0.05) is 18.0 Å². The Bertz CT molecular complexity index is 536. The number of halogens is 1. The molecule has 0 saturated carbocycles. The number of hydrogen-bond donors (Lipinski definition) is 2. The van der Waals surface area contributed by atoms with Gasteiger partial charge in [0, 0.05) is 31.9 Å². The predicted octanol–water partition coefficient (Wildman–Crippen LogP) is 2.13. The second-order valence-corrected chi connectivity index (χ2v) is 6.18. The predicted molar refractivity (Wildman–Crippen MR) is 83.9 cm³/mol. The summed E-state index contributed by atoms with van der Waals surface area (Å²) in [5.74, 6) is 0.511. The summed E-state index contributed by atoms with van der Waals surface area (Å²) in [6, 6.07) is 2.42. The lowest BCUT2D eigenvalue weighted by atomic mass is 9.99. The summed E-state index contributed by atoms with van der Waals surface area (Å²) in [5.41, 5.74) is 0.522. The molecule has 3 rings (SSSR count). The Morgan fingerprint density at radius 1 is 1.38 bits per heavy atom. The minimum Gasteiger partial charge on any atom is -0.372 e. The molecule has 5 nitrogen and oxygen atoms in total. The van der Waals surface area contributed by atoms with Crippen molar-refractivity contribution in [1.82, 2.24) is 15.2 Å². The summed E-state index contributed by atoms with van der Waals surface area (Å²) in [4.78, 5) is 19.0. The molecule has 2 N–H and O–H groups in total. The van der Waals surface area contributed by atoms with E-state index in [1.165, 1.54) is 25.8 Å². The third-order valence-electron chi connectivity index (χ3n) is 4.51. The molecule has 0 spiro atoms. The Kier molecular flexibility index (Phi) is 4.31. The van der Waals surface area contributed by atoms with Gasteiger partial charge in [-0.05, 0) is 31.9 Å². The maximum absolute atomic E-state index is 12.4. The molecule has 3 heterocycles. The van der Waals surface area contributed by atoms with E-state index in [-0.39, 0.29) is 11.9 Å². The Morgan fingerprint density at radius 2 is 2.24 bits per heavy atom. The van der Waals surface area contributed by atoms with Crippen molar-refractivity contribution in [3.63, 3.8) is 0 Å². The fourth-order valence-corrected chi connectivity index (χ4v) is 3.67. The fourth-order valence-electron chi connectivity index (χ4n) is 3.41. The first-order valence-corrected chi connectivity index (χ1v) is 7.95. The molecule has 1 aromatic heterocycles. The summed E-state index contributed by atoms with van der Waals surface area (Å²) in [6.07, 6.45) is 6.33. The van der Waals surface area contributed by atoms with Crippen molar-refractivity contribution < 1.29 is 4.79 Å². The molecule has 2 aliphatic rings. The minimum absolute atomic E-state index is 0.0792. The van der Waals surface area contributed by atoms with Gasteiger partial charge in [-0.3, -0.25) is 9.69 Å². The molecular weight excluding hydrogens is 288 g/mol. The van der Waals surface area contributed by atoms with Crippen LogP contribution in [0.2, 0.25) is 5.02 Å². The molecular formula is C15H21ClN4O. The Balaban J connectivity index is 1.67. The number of carbonyl (C=O) groups is 1. The topological polar surface area (TPSA) is 57.3 Å². The van der Waals surface area contributed by atoms with Crippen LogP contribution in [0.15, 0.2) is 12.3 Å². The highest BCUT2D eigenvalue weighted by Gasteiger charge is 2.36. The first-order valence-electron chi connectivity index (χ1n) is 7.57. The number of rotatable bonds is 3. The highest BCUT2D eigenvalue weighted by molar-refractivity contribution is 6.33. The van der Waals surface area contributed by atoms with Gasteiger partial charge in [0.1, 0.15) is 5.82 Å². The largest absolute Gasteiger partial charge is 0.372 e. The standard InChI is InChI=1S/C15H21ClN4O/c1-17-14-11(16)8-10(9-18-14)15(21)19-12-5-7-20-6-3-2-4-13(12)20/h8-9,12-13H,2-7H2,1H3,(H,17,18)(H,19,21). The van der Waals surface area contributed by atoms with Crippen molar-refractivity contribution in [2.75, 3.05) is 25.5 Å². The first kappa shape index (κ1) is 14.6. The number of pyridine rings is 1. The van der Waals surface area contributed by atoms with E-state index in [0.29, 0.717) is 22.4 Å². The van der Waals surface area contributed by atoms with Gasteiger partial charge in [0.05, 0.1) is 10.6 Å². The molecule has 2 aliphatic heterocycles. The monoisotopic (exact) mass is 308 g/mol. The number of amides is 1. The summed E-state index contributed by atoms with van der Waals surface area (Å²) in [7, 11) is 1.75. The van der Waals surface area contributed by atoms with E-state index in [1.807, 2.05) is 0 Å². The average Bonchev–Trinajstić information content (AvgIpc) is 2.90. The van der Waals surface area contributed by atoms with E-state index in [1.54, 1.807) is 19.3 Å². The highest BCUT2D eigenvalue weighted by atomic mass is 35.5. The van der Waals surface area contributed by atoms with Crippen molar-refractivity contribution in [3.8, 4) is 0 Å². The van der Waals surface area contributed by atoms with Crippen molar-refractivity contribution in [1.29, 1.82) is 0 Å². The third-order valence-corrected chi connectivity index (χ3v) is 4.80. The van der Waals surface area contributed by atoms with Crippen LogP contribution in [0, 0.1) is 0 Å². The molecule has 2 atom stereocenters. The Hall–Kier alpha value is -1.33. The highest BCUT2D eigenvalue weighted by Crippen LogP contribution is 2.27. The maximum atomic E-state index is 12.4. The van der Waals surface area contributed by atoms with Gasteiger partial charge in [-0.15, -0.1) is 0 Å². The van der Waals surface area contributed by atoms with Crippen LogP contribution in [0.3, 0.4) is 0 Å². The molecule has 0 aromatic carbocycles. The Labute approximate surface area is 130 Å². The number of nitrogens with zero attached hydrogens (tertiary/aromatic N) is 2. The normalized spacial score (nSPS) is 25.4. The van der Waals surface area contributed by atoms with Gasteiger partial charge >= 0.3 is 0 Å². The van der Waals surface area contributed by atoms with Crippen LogP contribution in [-0.4, -0.2) is 48.0 Å². The quantitative estimate of drug-likeness (QED) is 0.898. The SMILES string of the molecule is CNc1ncc(C(=O)NC2CCN3CCCCC23)cc1Cl. The number of anilines is 1. The van der Waals surface area contributed by atoms with Crippen molar-refractivity contribution in [2.24, 2.45) is 0 Å². The van der Waals surface area contributed by atoms with E-state index >= 15 is 0 Å². The molecule has 1 aromatic rings. The van der Waals surface area contributed by atoms with E-state index < -0.39 is 0 Å². The molecule has 0 aliphatic carbocycles.